The minimum Gasteiger partial charge on any atom is -0.495 e. The summed E-state index contributed by atoms with van der Waals surface area (Å²) in [6, 6.07) is 4.61. The van der Waals surface area contributed by atoms with Gasteiger partial charge < -0.3 is 15.4 Å². The summed E-state index contributed by atoms with van der Waals surface area (Å²) in [5.74, 6) is 0.402. The van der Waals surface area contributed by atoms with Gasteiger partial charge in [-0.2, -0.15) is 0 Å². The molecular weight excluding hydrogens is 410 g/mol. The number of benzene rings is 1. The summed E-state index contributed by atoms with van der Waals surface area (Å²) in [7, 11) is 1.51. The van der Waals surface area contributed by atoms with E-state index >= 15 is 0 Å². The van der Waals surface area contributed by atoms with Crippen LogP contribution in [0.25, 0.3) is 0 Å². The Morgan fingerprint density at radius 3 is 2.67 bits per heavy atom. The quantitative estimate of drug-likeness (QED) is 0.475. The van der Waals surface area contributed by atoms with Crippen molar-refractivity contribution >= 4 is 57.5 Å². The molecule has 3 amide bonds. The molecule has 1 heterocycles. The van der Waals surface area contributed by atoms with E-state index in [-0.39, 0.29) is 23.2 Å². The number of hydrogen-bond acceptors (Lipinski definition) is 7. The third-order valence-corrected chi connectivity index (χ3v) is 5.08. The summed E-state index contributed by atoms with van der Waals surface area (Å²) in [4.78, 5) is 24.0. The Labute approximate surface area is 170 Å². The van der Waals surface area contributed by atoms with Crippen molar-refractivity contribution < 1.29 is 14.3 Å². The van der Waals surface area contributed by atoms with E-state index in [2.05, 4.69) is 26.1 Å². The lowest BCUT2D eigenvalue weighted by Crippen LogP contribution is -2.43. The standard InChI is InChI=1S/C16H20ClN5O3S2/c1-16(2,3)20-13(24)19-14-21-22-15(27-14)26-8-12(23)18-10-7-9(17)5-6-11(10)25-4/h5-7H,8H2,1-4H3,(H,18,23)(H2,19,20,21,24). The van der Waals surface area contributed by atoms with E-state index in [0.717, 1.165) is 0 Å². The predicted molar refractivity (Wildman–Crippen MR) is 109 cm³/mol. The molecule has 27 heavy (non-hydrogen) atoms. The SMILES string of the molecule is COc1ccc(Cl)cc1NC(=O)CSc1nnc(NC(=O)NC(C)(C)C)s1. The van der Waals surface area contributed by atoms with Crippen LogP contribution in [0.5, 0.6) is 5.75 Å². The molecule has 146 valence electrons. The second-order valence-electron chi connectivity index (χ2n) is 6.38. The van der Waals surface area contributed by atoms with Crippen molar-refractivity contribution in [1.29, 1.82) is 0 Å². The molecule has 0 radical (unpaired) electrons. The number of nitrogens with one attached hydrogen (secondary N) is 3. The molecule has 2 aromatic rings. The van der Waals surface area contributed by atoms with E-state index in [1.165, 1.54) is 30.2 Å². The van der Waals surface area contributed by atoms with Crippen LogP contribution in [0.1, 0.15) is 20.8 Å². The van der Waals surface area contributed by atoms with Gasteiger partial charge in [0, 0.05) is 10.6 Å². The molecule has 1 aromatic carbocycles. The van der Waals surface area contributed by atoms with Crippen LogP contribution >= 0.6 is 34.7 Å². The maximum Gasteiger partial charge on any atom is 0.321 e. The van der Waals surface area contributed by atoms with Crippen molar-refractivity contribution in [2.45, 2.75) is 30.6 Å². The number of ether oxygens (including phenoxy) is 1. The number of carbonyl (C=O) groups is 2. The van der Waals surface area contributed by atoms with Gasteiger partial charge in [0.25, 0.3) is 0 Å². The lowest BCUT2D eigenvalue weighted by atomic mass is 10.1. The maximum atomic E-state index is 12.2. The van der Waals surface area contributed by atoms with Crippen LogP contribution in [0.2, 0.25) is 5.02 Å². The number of anilines is 2. The average molecular weight is 430 g/mol. The first-order chi connectivity index (χ1) is 12.7. The van der Waals surface area contributed by atoms with E-state index in [0.29, 0.717) is 25.9 Å². The normalized spacial score (nSPS) is 11.0. The van der Waals surface area contributed by atoms with Crippen LogP contribution in [-0.2, 0) is 4.79 Å². The van der Waals surface area contributed by atoms with Gasteiger partial charge in [-0.25, -0.2) is 4.79 Å². The number of carbonyl (C=O) groups excluding carboxylic acids is 2. The lowest BCUT2D eigenvalue weighted by Gasteiger charge is -2.19. The fourth-order valence-corrected chi connectivity index (χ4v) is 3.60. The molecule has 1 aromatic heterocycles. The van der Waals surface area contributed by atoms with Crippen molar-refractivity contribution in [2.24, 2.45) is 0 Å². The Hall–Kier alpha value is -2.04. The molecule has 0 bridgehead atoms. The first-order valence-electron chi connectivity index (χ1n) is 7.85. The number of methoxy groups -OCH3 is 1. The molecule has 0 fully saturated rings. The smallest absolute Gasteiger partial charge is 0.321 e. The Morgan fingerprint density at radius 2 is 2.00 bits per heavy atom. The second-order valence-corrected chi connectivity index (χ2v) is 9.02. The third-order valence-electron chi connectivity index (χ3n) is 2.88. The highest BCUT2D eigenvalue weighted by molar-refractivity contribution is 8.01. The van der Waals surface area contributed by atoms with Gasteiger partial charge in [-0.3, -0.25) is 10.1 Å². The third kappa shape index (κ3) is 7.24. The minimum absolute atomic E-state index is 0.124. The molecule has 2 rings (SSSR count). The van der Waals surface area contributed by atoms with Gasteiger partial charge in [0.15, 0.2) is 4.34 Å². The molecule has 0 saturated carbocycles. The first kappa shape index (κ1) is 21.3. The minimum atomic E-state index is -0.360. The lowest BCUT2D eigenvalue weighted by molar-refractivity contribution is -0.113. The van der Waals surface area contributed by atoms with Crippen LogP contribution in [-0.4, -0.2) is 40.5 Å². The van der Waals surface area contributed by atoms with Crippen molar-refractivity contribution in [3.05, 3.63) is 23.2 Å². The second kappa shape index (κ2) is 9.25. The zero-order valence-corrected chi connectivity index (χ0v) is 17.6. The monoisotopic (exact) mass is 429 g/mol. The largest absolute Gasteiger partial charge is 0.495 e. The number of thioether (sulfide) groups is 1. The van der Waals surface area contributed by atoms with Gasteiger partial charge in [0.1, 0.15) is 5.75 Å². The van der Waals surface area contributed by atoms with E-state index in [1.54, 1.807) is 18.2 Å². The van der Waals surface area contributed by atoms with Gasteiger partial charge in [-0.1, -0.05) is 34.7 Å². The average Bonchev–Trinajstić information content (AvgIpc) is 2.98. The van der Waals surface area contributed by atoms with Crippen LogP contribution in [0.15, 0.2) is 22.5 Å². The highest BCUT2D eigenvalue weighted by atomic mass is 35.5. The summed E-state index contributed by atoms with van der Waals surface area (Å²) in [5.41, 5.74) is 0.139. The number of amides is 3. The molecule has 0 aliphatic carbocycles. The molecule has 0 spiro atoms. The molecule has 0 saturated heterocycles. The Morgan fingerprint density at radius 1 is 1.26 bits per heavy atom. The number of aromatic nitrogens is 2. The number of urea groups is 1. The summed E-state index contributed by atoms with van der Waals surface area (Å²) in [5, 5.41) is 16.8. The van der Waals surface area contributed by atoms with Gasteiger partial charge in [-0.05, 0) is 39.0 Å². The topological polar surface area (TPSA) is 105 Å². The Bertz CT molecular complexity index is 823. The summed E-state index contributed by atoms with van der Waals surface area (Å²) in [6.45, 7) is 5.63. The highest BCUT2D eigenvalue weighted by Crippen LogP contribution is 2.29. The summed E-state index contributed by atoms with van der Waals surface area (Å²) >= 11 is 8.35. The van der Waals surface area contributed by atoms with Gasteiger partial charge >= 0.3 is 6.03 Å². The van der Waals surface area contributed by atoms with Crippen LogP contribution in [0.3, 0.4) is 0 Å². The highest BCUT2D eigenvalue weighted by Gasteiger charge is 2.16. The zero-order valence-electron chi connectivity index (χ0n) is 15.3. The van der Waals surface area contributed by atoms with E-state index in [4.69, 9.17) is 16.3 Å². The van der Waals surface area contributed by atoms with E-state index in [9.17, 15) is 9.59 Å². The number of hydrogen-bond donors (Lipinski definition) is 3. The molecule has 0 unspecified atom stereocenters. The van der Waals surface area contributed by atoms with E-state index in [1.807, 2.05) is 20.8 Å². The van der Waals surface area contributed by atoms with Gasteiger partial charge in [0.2, 0.25) is 11.0 Å². The molecule has 0 aliphatic rings. The maximum absolute atomic E-state index is 12.2. The Kier molecular flexibility index (Phi) is 7.28. The van der Waals surface area contributed by atoms with Crippen molar-refractivity contribution in [3.8, 4) is 5.75 Å². The Balaban J connectivity index is 1.87. The van der Waals surface area contributed by atoms with Crippen LogP contribution in [0.4, 0.5) is 15.6 Å². The number of nitrogens with zero attached hydrogens (tertiary/aromatic N) is 2. The fourth-order valence-electron chi connectivity index (χ4n) is 1.88. The van der Waals surface area contributed by atoms with Crippen molar-refractivity contribution in [1.82, 2.24) is 15.5 Å². The van der Waals surface area contributed by atoms with Gasteiger partial charge in [0.05, 0.1) is 18.6 Å². The molecule has 11 heteroatoms. The molecule has 0 atom stereocenters. The van der Waals surface area contributed by atoms with E-state index < -0.39 is 0 Å². The predicted octanol–water partition coefficient (Wildman–Crippen LogP) is 3.85. The van der Waals surface area contributed by atoms with Gasteiger partial charge in [-0.15, -0.1) is 10.2 Å². The number of rotatable bonds is 6. The molecule has 0 aliphatic heterocycles. The summed E-state index contributed by atoms with van der Waals surface area (Å²) in [6.07, 6.45) is 0. The van der Waals surface area contributed by atoms with Crippen LogP contribution < -0.4 is 20.7 Å². The van der Waals surface area contributed by atoms with Crippen molar-refractivity contribution in [2.75, 3.05) is 23.5 Å². The molecule has 8 nitrogen and oxygen atoms in total. The van der Waals surface area contributed by atoms with Crippen molar-refractivity contribution in [3.63, 3.8) is 0 Å². The summed E-state index contributed by atoms with van der Waals surface area (Å²) < 4.78 is 5.76. The van der Waals surface area contributed by atoms with Crippen LogP contribution in [0, 0.1) is 0 Å². The number of halogens is 1. The molecular formula is C16H20ClN5O3S2. The zero-order chi connectivity index (χ0) is 20.0. The fraction of sp³-hybridized carbons (Fsp3) is 0.375. The first-order valence-corrected chi connectivity index (χ1v) is 10.0. The molecule has 3 N–H and O–H groups in total.